The predicted octanol–water partition coefficient (Wildman–Crippen LogP) is 3.25. The maximum absolute atomic E-state index is 13.3. The molecule has 0 aliphatic heterocycles. The number of rotatable bonds is 2. The Labute approximate surface area is 116 Å². The van der Waals surface area contributed by atoms with Crippen molar-refractivity contribution in [3.8, 4) is 11.5 Å². The lowest BCUT2D eigenvalue weighted by Gasteiger charge is -2.08. The molecule has 0 aliphatic carbocycles. The van der Waals surface area contributed by atoms with Gasteiger partial charge >= 0.3 is 0 Å². The van der Waals surface area contributed by atoms with Crippen molar-refractivity contribution in [2.24, 2.45) is 0 Å². The Bertz CT molecular complexity index is 646. The van der Waals surface area contributed by atoms with Crippen LogP contribution in [-0.2, 0) is 0 Å². The zero-order chi connectivity index (χ0) is 14.0. The fourth-order valence-electron chi connectivity index (χ4n) is 1.49. The number of amides is 1. The van der Waals surface area contributed by atoms with E-state index in [1.807, 2.05) is 0 Å². The van der Waals surface area contributed by atoms with E-state index in [2.05, 4.69) is 21.2 Å². The van der Waals surface area contributed by atoms with Crippen molar-refractivity contribution in [3.63, 3.8) is 0 Å². The molecule has 6 heteroatoms. The second kappa shape index (κ2) is 5.27. The van der Waals surface area contributed by atoms with Crippen molar-refractivity contribution >= 4 is 27.5 Å². The first-order valence-corrected chi connectivity index (χ1v) is 6.05. The monoisotopic (exact) mass is 325 g/mol. The van der Waals surface area contributed by atoms with Gasteiger partial charge in [0.2, 0.25) is 0 Å². The standard InChI is InChI=1S/C13H9BrFNO3/c14-9-5-4-7(6-10(9)15)16-13(19)8-2-1-3-11(17)12(8)18/h1-6,17-18H,(H,16,19). The highest BCUT2D eigenvalue weighted by Crippen LogP contribution is 2.29. The number of phenols is 2. The first-order valence-electron chi connectivity index (χ1n) is 5.26. The third-order valence-electron chi connectivity index (χ3n) is 2.44. The van der Waals surface area contributed by atoms with Crippen molar-refractivity contribution < 1.29 is 19.4 Å². The van der Waals surface area contributed by atoms with Crippen molar-refractivity contribution in [1.29, 1.82) is 0 Å². The normalized spacial score (nSPS) is 10.2. The summed E-state index contributed by atoms with van der Waals surface area (Å²) in [4.78, 5) is 11.9. The van der Waals surface area contributed by atoms with Crippen molar-refractivity contribution in [1.82, 2.24) is 0 Å². The fraction of sp³-hybridized carbons (Fsp3) is 0. The van der Waals surface area contributed by atoms with E-state index in [9.17, 15) is 19.4 Å². The molecule has 0 unspecified atom stereocenters. The van der Waals surface area contributed by atoms with Gasteiger partial charge in [0, 0.05) is 5.69 Å². The van der Waals surface area contributed by atoms with Crippen LogP contribution in [0, 0.1) is 5.82 Å². The van der Waals surface area contributed by atoms with Crippen molar-refractivity contribution in [2.45, 2.75) is 0 Å². The number of anilines is 1. The molecule has 2 aromatic rings. The Morgan fingerprint density at radius 3 is 2.63 bits per heavy atom. The lowest BCUT2D eigenvalue weighted by molar-refractivity contribution is 0.102. The molecule has 0 fully saturated rings. The van der Waals surface area contributed by atoms with Gasteiger partial charge in [0.1, 0.15) is 5.82 Å². The van der Waals surface area contributed by atoms with E-state index in [1.165, 1.54) is 30.3 Å². The molecule has 0 aliphatic rings. The average Bonchev–Trinajstić information content (AvgIpc) is 2.37. The zero-order valence-corrected chi connectivity index (χ0v) is 11.1. The zero-order valence-electron chi connectivity index (χ0n) is 9.52. The molecule has 0 spiro atoms. The number of aromatic hydroxyl groups is 2. The first kappa shape index (κ1) is 13.4. The molecular formula is C13H9BrFNO3. The number of carbonyl (C=O) groups excluding carboxylic acids is 1. The highest BCUT2D eigenvalue weighted by atomic mass is 79.9. The SMILES string of the molecule is O=C(Nc1ccc(Br)c(F)c1)c1cccc(O)c1O. The van der Waals surface area contributed by atoms with Crippen molar-refractivity contribution in [3.05, 3.63) is 52.3 Å². The molecule has 2 rings (SSSR count). The number of hydrogen-bond acceptors (Lipinski definition) is 3. The fourth-order valence-corrected chi connectivity index (χ4v) is 1.73. The Hall–Kier alpha value is -2.08. The van der Waals surface area contributed by atoms with E-state index in [0.29, 0.717) is 0 Å². The van der Waals surface area contributed by atoms with Gasteiger partial charge in [0.25, 0.3) is 5.91 Å². The molecule has 4 nitrogen and oxygen atoms in total. The Kier molecular flexibility index (Phi) is 3.71. The van der Waals surface area contributed by atoms with Crippen LogP contribution in [0.4, 0.5) is 10.1 Å². The molecule has 0 heterocycles. The molecule has 0 bridgehead atoms. The highest BCUT2D eigenvalue weighted by molar-refractivity contribution is 9.10. The summed E-state index contributed by atoms with van der Waals surface area (Å²) < 4.78 is 13.6. The second-order valence-electron chi connectivity index (χ2n) is 3.76. The van der Waals surface area contributed by atoms with Gasteiger partial charge in [0.05, 0.1) is 10.0 Å². The minimum atomic E-state index is -0.643. The molecule has 2 aromatic carbocycles. The number of hydrogen-bond donors (Lipinski definition) is 3. The number of nitrogens with one attached hydrogen (secondary N) is 1. The maximum atomic E-state index is 13.3. The lowest BCUT2D eigenvalue weighted by Crippen LogP contribution is -2.12. The Morgan fingerprint density at radius 1 is 1.21 bits per heavy atom. The molecule has 19 heavy (non-hydrogen) atoms. The highest BCUT2D eigenvalue weighted by Gasteiger charge is 2.14. The van der Waals surface area contributed by atoms with Crippen molar-refractivity contribution in [2.75, 3.05) is 5.32 Å². The number of benzene rings is 2. The molecule has 0 atom stereocenters. The van der Waals surface area contributed by atoms with Gasteiger partial charge in [-0.2, -0.15) is 0 Å². The number of carbonyl (C=O) groups is 1. The van der Waals surface area contributed by atoms with Crippen LogP contribution < -0.4 is 5.32 Å². The van der Waals surface area contributed by atoms with E-state index in [-0.39, 0.29) is 15.7 Å². The van der Waals surface area contributed by atoms with Gasteiger partial charge in [0.15, 0.2) is 11.5 Å². The van der Waals surface area contributed by atoms with Gasteiger partial charge in [-0.25, -0.2) is 4.39 Å². The summed E-state index contributed by atoms with van der Waals surface area (Å²) in [6.07, 6.45) is 0. The van der Waals surface area contributed by atoms with Gasteiger partial charge in [-0.15, -0.1) is 0 Å². The first-order chi connectivity index (χ1) is 8.99. The lowest BCUT2D eigenvalue weighted by atomic mass is 10.1. The van der Waals surface area contributed by atoms with Gasteiger partial charge in [-0.3, -0.25) is 4.79 Å². The van der Waals surface area contributed by atoms with E-state index in [1.54, 1.807) is 0 Å². The van der Waals surface area contributed by atoms with Gasteiger partial charge in [-0.1, -0.05) is 6.07 Å². The largest absolute Gasteiger partial charge is 0.504 e. The molecule has 0 radical (unpaired) electrons. The number of phenolic OH excluding ortho intramolecular Hbond substituents is 2. The van der Waals surface area contributed by atoms with Crippen LogP contribution in [0.3, 0.4) is 0 Å². The number of para-hydroxylation sites is 1. The van der Waals surface area contributed by atoms with Gasteiger partial charge in [-0.05, 0) is 46.3 Å². The summed E-state index contributed by atoms with van der Waals surface area (Å²) in [5, 5.41) is 21.3. The summed E-state index contributed by atoms with van der Waals surface area (Å²) in [5.74, 6) is -2.07. The minimum Gasteiger partial charge on any atom is -0.504 e. The molecule has 1 amide bonds. The summed E-state index contributed by atoms with van der Waals surface area (Å²) in [5.41, 5.74) is 0.150. The predicted molar refractivity (Wildman–Crippen MR) is 71.8 cm³/mol. The van der Waals surface area contributed by atoms with Crippen LogP contribution >= 0.6 is 15.9 Å². The van der Waals surface area contributed by atoms with Crippen LogP contribution in [0.2, 0.25) is 0 Å². The summed E-state index contributed by atoms with van der Waals surface area (Å²) in [6, 6.07) is 8.12. The molecule has 0 saturated heterocycles. The quantitative estimate of drug-likeness (QED) is 0.742. The van der Waals surface area contributed by atoms with Crippen LogP contribution in [-0.4, -0.2) is 16.1 Å². The summed E-state index contributed by atoms with van der Waals surface area (Å²) in [6.45, 7) is 0. The molecule has 0 saturated carbocycles. The third-order valence-corrected chi connectivity index (χ3v) is 3.08. The second-order valence-corrected chi connectivity index (χ2v) is 4.61. The average molecular weight is 326 g/mol. The Balaban J connectivity index is 2.26. The topological polar surface area (TPSA) is 69.6 Å². The van der Waals surface area contributed by atoms with E-state index in [0.717, 1.165) is 6.07 Å². The molecule has 0 aromatic heterocycles. The van der Waals surface area contributed by atoms with Gasteiger partial charge < -0.3 is 15.5 Å². The maximum Gasteiger partial charge on any atom is 0.259 e. The van der Waals surface area contributed by atoms with Crippen LogP contribution in [0.1, 0.15) is 10.4 Å². The Morgan fingerprint density at radius 2 is 1.95 bits per heavy atom. The molecule has 98 valence electrons. The van der Waals surface area contributed by atoms with E-state index < -0.39 is 23.2 Å². The number of halogens is 2. The van der Waals surface area contributed by atoms with E-state index >= 15 is 0 Å². The summed E-state index contributed by atoms with van der Waals surface area (Å²) >= 11 is 3.00. The molecule has 3 N–H and O–H groups in total. The van der Waals surface area contributed by atoms with E-state index in [4.69, 9.17) is 0 Å². The third kappa shape index (κ3) is 2.85. The smallest absolute Gasteiger partial charge is 0.259 e. The van der Waals surface area contributed by atoms with Crippen LogP contribution in [0.5, 0.6) is 11.5 Å². The van der Waals surface area contributed by atoms with Crippen LogP contribution in [0.25, 0.3) is 0 Å². The minimum absolute atomic E-state index is 0.0941. The van der Waals surface area contributed by atoms with Crippen LogP contribution in [0.15, 0.2) is 40.9 Å². The molecular weight excluding hydrogens is 317 g/mol. The summed E-state index contributed by atoms with van der Waals surface area (Å²) in [7, 11) is 0.